The summed E-state index contributed by atoms with van der Waals surface area (Å²) in [6.07, 6.45) is 2.02. The molecule has 0 aliphatic heterocycles. The van der Waals surface area contributed by atoms with Gasteiger partial charge in [0.05, 0.1) is 0 Å². The zero-order chi connectivity index (χ0) is 14.4. The summed E-state index contributed by atoms with van der Waals surface area (Å²) < 4.78 is 5.18. The van der Waals surface area contributed by atoms with Crippen LogP contribution in [0.25, 0.3) is 0 Å². The third-order valence-corrected chi connectivity index (χ3v) is 3.69. The molecule has 2 rings (SSSR count). The number of ether oxygens (including phenoxy) is 1. The largest absolute Gasteiger partial charge is 0.427 e. The molecule has 0 spiro atoms. The Hall–Kier alpha value is -2.14. The Labute approximate surface area is 121 Å². The molecule has 1 amide bonds. The van der Waals surface area contributed by atoms with E-state index in [-0.39, 0.29) is 5.97 Å². The van der Waals surface area contributed by atoms with Gasteiger partial charge in [-0.25, -0.2) is 0 Å². The molecular formula is C15H15NO3S. The highest BCUT2D eigenvalue weighted by Crippen LogP contribution is 2.15. The van der Waals surface area contributed by atoms with E-state index in [2.05, 4.69) is 6.07 Å². The van der Waals surface area contributed by atoms with Crippen LogP contribution in [0.5, 0.6) is 5.75 Å². The highest BCUT2D eigenvalue weighted by atomic mass is 32.1. The maximum absolute atomic E-state index is 11.6. The van der Waals surface area contributed by atoms with Gasteiger partial charge in [-0.3, -0.25) is 9.59 Å². The first-order valence-corrected chi connectivity index (χ1v) is 7.16. The normalized spacial score (nSPS) is 10.2. The molecule has 0 saturated carbocycles. The maximum atomic E-state index is 11.6. The highest BCUT2D eigenvalue weighted by Gasteiger charge is 2.06. The summed E-state index contributed by atoms with van der Waals surface area (Å²) in [6, 6.07) is 10.3. The fourth-order valence-corrected chi connectivity index (χ4v) is 2.48. The Kier molecular flexibility index (Phi) is 4.90. The van der Waals surface area contributed by atoms with Gasteiger partial charge in [-0.1, -0.05) is 6.07 Å². The van der Waals surface area contributed by atoms with Crippen molar-refractivity contribution in [1.82, 2.24) is 0 Å². The molecule has 0 aliphatic carbocycles. The predicted molar refractivity (Wildman–Crippen MR) is 77.9 cm³/mol. The molecule has 0 atom stereocenters. The zero-order valence-corrected chi connectivity index (χ0v) is 11.7. The minimum Gasteiger partial charge on any atom is -0.427 e. The average Bonchev–Trinajstić information content (AvgIpc) is 2.92. The lowest BCUT2D eigenvalue weighted by molar-refractivity contribution is -0.134. The van der Waals surface area contributed by atoms with Gasteiger partial charge in [-0.2, -0.15) is 0 Å². The van der Waals surface area contributed by atoms with Crippen molar-refractivity contribution < 1.29 is 14.3 Å². The molecule has 2 aromatic rings. The van der Waals surface area contributed by atoms with Crippen LogP contribution in [0, 0.1) is 0 Å². The number of nitrogens with two attached hydrogens (primary N) is 1. The maximum Gasteiger partial charge on any atom is 0.311 e. The Balaban J connectivity index is 1.77. The first-order valence-electron chi connectivity index (χ1n) is 6.28. The van der Waals surface area contributed by atoms with Crippen LogP contribution in [0.4, 0.5) is 0 Å². The van der Waals surface area contributed by atoms with Gasteiger partial charge in [0.25, 0.3) is 0 Å². The van der Waals surface area contributed by atoms with Crippen molar-refractivity contribution in [3.63, 3.8) is 0 Å². The topological polar surface area (TPSA) is 69.4 Å². The van der Waals surface area contributed by atoms with E-state index in [0.29, 0.717) is 17.7 Å². The number of primary amides is 1. The molecule has 1 aromatic heterocycles. The van der Waals surface area contributed by atoms with Gasteiger partial charge in [0, 0.05) is 16.9 Å². The molecule has 4 nitrogen and oxygen atoms in total. The van der Waals surface area contributed by atoms with E-state index in [4.69, 9.17) is 10.5 Å². The van der Waals surface area contributed by atoms with E-state index in [1.807, 2.05) is 11.4 Å². The van der Waals surface area contributed by atoms with Crippen molar-refractivity contribution >= 4 is 23.2 Å². The quantitative estimate of drug-likeness (QED) is 0.656. The van der Waals surface area contributed by atoms with E-state index in [0.717, 1.165) is 12.8 Å². The minimum atomic E-state index is -0.501. The van der Waals surface area contributed by atoms with Crippen molar-refractivity contribution in [2.24, 2.45) is 5.73 Å². The van der Waals surface area contributed by atoms with Crippen LogP contribution in [-0.4, -0.2) is 11.9 Å². The van der Waals surface area contributed by atoms with Gasteiger partial charge in [0.2, 0.25) is 5.91 Å². The fourth-order valence-electron chi connectivity index (χ4n) is 1.73. The average molecular weight is 289 g/mol. The number of rotatable bonds is 6. The van der Waals surface area contributed by atoms with Crippen LogP contribution in [0.15, 0.2) is 41.8 Å². The van der Waals surface area contributed by atoms with Crippen LogP contribution in [-0.2, 0) is 11.2 Å². The van der Waals surface area contributed by atoms with Crippen LogP contribution in [0.2, 0.25) is 0 Å². The van der Waals surface area contributed by atoms with Crippen molar-refractivity contribution in [2.75, 3.05) is 0 Å². The second kappa shape index (κ2) is 6.86. The molecule has 104 valence electrons. The van der Waals surface area contributed by atoms with Crippen molar-refractivity contribution in [2.45, 2.75) is 19.3 Å². The Morgan fingerprint density at radius 2 is 1.90 bits per heavy atom. The number of benzene rings is 1. The summed E-state index contributed by atoms with van der Waals surface area (Å²) in [7, 11) is 0. The van der Waals surface area contributed by atoms with E-state index < -0.39 is 5.91 Å². The third-order valence-electron chi connectivity index (χ3n) is 2.75. The minimum absolute atomic E-state index is 0.270. The molecule has 0 saturated heterocycles. The summed E-state index contributed by atoms with van der Waals surface area (Å²) in [4.78, 5) is 23.8. The first-order chi connectivity index (χ1) is 9.65. The molecule has 20 heavy (non-hydrogen) atoms. The first kappa shape index (κ1) is 14.3. The summed E-state index contributed by atoms with van der Waals surface area (Å²) >= 11 is 1.69. The number of esters is 1. The number of hydrogen-bond donors (Lipinski definition) is 1. The van der Waals surface area contributed by atoms with E-state index in [1.54, 1.807) is 23.5 Å². The monoisotopic (exact) mass is 289 g/mol. The number of carbonyl (C=O) groups is 2. The number of carbonyl (C=O) groups excluding carboxylic acids is 2. The van der Waals surface area contributed by atoms with E-state index in [1.165, 1.54) is 17.0 Å². The number of amides is 1. The van der Waals surface area contributed by atoms with Gasteiger partial charge in [0.1, 0.15) is 5.75 Å². The summed E-state index contributed by atoms with van der Waals surface area (Å²) in [5, 5.41) is 2.02. The Bertz CT molecular complexity index is 576. The van der Waals surface area contributed by atoms with Gasteiger partial charge >= 0.3 is 5.97 Å². The standard InChI is InChI=1S/C15H15NO3S/c16-15(18)11-6-8-12(9-7-11)19-14(17)5-1-3-13-4-2-10-20-13/h2,4,6-10H,1,3,5H2,(H2,16,18). The number of thiophene rings is 1. The van der Waals surface area contributed by atoms with E-state index in [9.17, 15) is 9.59 Å². The molecule has 1 aromatic carbocycles. The molecule has 0 fully saturated rings. The van der Waals surface area contributed by atoms with Crippen molar-refractivity contribution in [3.05, 3.63) is 52.2 Å². The SMILES string of the molecule is NC(=O)c1ccc(OC(=O)CCCc2cccs2)cc1. The van der Waals surface area contributed by atoms with Crippen LogP contribution in [0.3, 0.4) is 0 Å². The molecule has 0 aliphatic rings. The molecule has 0 radical (unpaired) electrons. The van der Waals surface area contributed by atoms with Gasteiger partial charge in [0.15, 0.2) is 0 Å². The zero-order valence-electron chi connectivity index (χ0n) is 10.9. The van der Waals surface area contributed by atoms with Crippen molar-refractivity contribution in [1.29, 1.82) is 0 Å². The van der Waals surface area contributed by atoms with Gasteiger partial charge < -0.3 is 10.5 Å². The Morgan fingerprint density at radius 3 is 2.50 bits per heavy atom. The lowest BCUT2D eigenvalue weighted by Gasteiger charge is -2.04. The number of aryl methyl sites for hydroxylation is 1. The second-order valence-corrected chi connectivity index (χ2v) is 5.33. The third kappa shape index (κ3) is 4.20. The fraction of sp³-hybridized carbons (Fsp3) is 0.200. The Morgan fingerprint density at radius 1 is 1.15 bits per heavy atom. The van der Waals surface area contributed by atoms with Crippen molar-refractivity contribution in [3.8, 4) is 5.75 Å². The van der Waals surface area contributed by atoms with Crippen LogP contribution >= 0.6 is 11.3 Å². The lowest BCUT2D eigenvalue weighted by atomic mass is 10.2. The number of hydrogen-bond acceptors (Lipinski definition) is 4. The lowest BCUT2D eigenvalue weighted by Crippen LogP contribution is -2.11. The second-order valence-electron chi connectivity index (χ2n) is 4.30. The summed E-state index contributed by atoms with van der Waals surface area (Å²) in [6.45, 7) is 0. The van der Waals surface area contributed by atoms with Crippen LogP contribution < -0.4 is 10.5 Å². The summed E-state index contributed by atoms with van der Waals surface area (Å²) in [5.74, 6) is -0.344. The molecule has 5 heteroatoms. The van der Waals surface area contributed by atoms with Crippen LogP contribution in [0.1, 0.15) is 28.1 Å². The highest BCUT2D eigenvalue weighted by molar-refractivity contribution is 7.09. The molecule has 0 unspecified atom stereocenters. The van der Waals surface area contributed by atoms with Gasteiger partial charge in [-0.05, 0) is 48.6 Å². The molecular weight excluding hydrogens is 274 g/mol. The summed E-state index contributed by atoms with van der Waals surface area (Å²) in [5.41, 5.74) is 5.52. The predicted octanol–water partition coefficient (Wildman–Crippen LogP) is 2.78. The molecule has 2 N–H and O–H groups in total. The van der Waals surface area contributed by atoms with E-state index >= 15 is 0 Å². The smallest absolute Gasteiger partial charge is 0.311 e. The van der Waals surface area contributed by atoms with Gasteiger partial charge in [-0.15, -0.1) is 11.3 Å². The molecule has 0 bridgehead atoms. The molecule has 1 heterocycles.